The minimum atomic E-state index is 0.00918. The van der Waals surface area contributed by atoms with Crippen LogP contribution < -0.4 is 4.90 Å². The minimum Gasteiger partial charge on any atom is -0.455 e. The van der Waals surface area contributed by atoms with Crippen molar-refractivity contribution < 1.29 is 4.42 Å². The molecule has 0 radical (unpaired) electrons. The maximum absolute atomic E-state index is 6.70. The molecular formula is C60H42N2O. The summed E-state index contributed by atoms with van der Waals surface area (Å²) in [6, 6.07) is 78.6. The van der Waals surface area contributed by atoms with Gasteiger partial charge < -0.3 is 13.9 Å². The van der Waals surface area contributed by atoms with E-state index in [4.69, 9.17) is 4.42 Å². The number of rotatable bonds is 8. The number of fused-ring (bicyclic) bond motifs is 6. The summed E-state index contributed by atoms with van der Waals surface area (Å²) in [6.45, 7) is 0. The Kier molecular flexibility index (Phi) is 8.97. The molecule has 0 amide bonds. The molecule has 63 heavy (non-hydrogen) atoms. The molecule has 298 valence electrons. The number of benzene rings is 9. The topological polar surface area (TPSA) is 21.3 Å². The number of hydrogen-bond donors (Lipinski definition) is 0. The van der Waals surface area contributed by atoms with Crippen molar-refractivity contribution in [3.63, 3.8) is 0 Å². The first-order valence-corrected chi connectivity index (χ1v) is 21.8. The predicted molar refractivity (Wildman–Crippen MR) is 265 cm³/mol. The van der Waals surface area contributed by atoms with Gasteiger partial charge in [-0.3, -0.25) is 0 Å². The Morgan fingerprint density at radius 1 is 0.413 bits per heavy atom. The molecule has 9 aromatic carbocycles. The van der Waals surface area contributed by atoms with E-state index in [1.165, 1.54) is 44.1 Å². The minimum absolute atomic E-state index is 0.00918. The Morgan fingerprint density at radius 2 is 0.937 bits per heavy atom. The predicted octanol–water partition coefficient (Wildman–Crippen LogP) is 16.2. The van der Waals surface area contributed by atoms with Gasteiger partial charge in [0.2, 0.25) is 0 Å². The number of hydrogen-bond acceptors (Lipinski definition) is 2. The number of anilines is 2. The van der Waals surface area contributed by atoms with Gasteiger partial charge in [-0.15, -0.1) is 0 Å². The third-order valence-corrected chi connectivity index (χ3v) is 12.8. The Hall–Kier alpha value is -8.14. The fraction of sp³-hybridized carbons (Fsp3) is 0.0333. The van der Waals surface area contributed by atoms with E-state index in [-0.39, 0.29) is 6.04 Å². The van der Waals surface area contributed by atoms with Gasteiger partial charge in [0.15, 0.2) is 0 Å². The van der Waals surface area contributed by atoms with Gasteiger partial charge in [-0.05, 0) is 65.1 Å². The second kappa shape index (κ2) is 15.4. The summed E-state index contributed by atoms with van der Waals surface area (Å²) < 4.78 is 9.14. The van der Waals surface area contributed by atoms with Crippen molar-refractivity contribution in [1.82, 2.24) is 4.57 Å². The average molecular weight is 807 g/mol. The molecule has 0 bridgehead atoms. The Bertz CT molecular complexity index is 3500. The van der Waals surface area contributed by atoms with Crippen molar-refractivity contribution in [2.45, 2.75) is 12.5 Å². The SMILES string of the molecule is C1=CC(N(c2ccccc2-c2ccccc2-n2c3ccccc3c3ccccc32)c2ccccc2-c2cccc3c2oc2ccccc23)CC=C1c1ccc(-c2ccccc2)cc1. The lowest BCUT2D eigenvalue weighted by atomic mass is 9.92. The molecular weight excluding hydrogens is 765 g/mol. The molecule has 0 saturated heterocycles. The van der Waals surface area contributed by atoms with Crippen molar-refractivity contribution in [2.24, 2.45) is 0 Å². The van der Waals surface area contributed by atoms with E-state index in [9.17, 15) is 0 Å². The number of para-hydroxylation sites is 7. The highest BCUT2D eigenvalue weighted by molar-refractivity contribution is 6.12. The van der Waals surface area contributed by atoms with Crippen molar-refractivity contribution in [2.75, 3.05) is 4.90 Å². The maximum atomic E-state index is 6.70. The summed E-state index contributed by atoms with van der Waals surface area (Å²) in [5.41, 5.74) is 17.0. The number of nitrogens with zero attached hydrogens (tertiary/aromatic N) is 2. The van der Waals surface area contributed by atoms with E-state index >= 15 is 0 Å². The van der Waals surface area contributed by atoms with Gasteiger partial charge in [-0.2, -0.15) is 0 Å². The highest BCUT2D eigenvalue weighted by atomic mass is 16.3. The van der Waals surface area contributed by atoms with Crippen molar-refractivity contribution in [3.05, 3.63) is 242 Å². The van der Waals surface area contributed by atoms with E-state index in [1.807, 2.05) is 6.07 Å². The van der Waals surface area contributed by atoms with Gasteiger partial charge in [-0.1, -0.05) is 200 Å². The highest BCUT2D eigenvalue weighted by Crippen LogP contribution is 2.47. The zero-order chi connectivity index (χ0) is 41.7. The summed E-state index contributed by atoms with van der Waals surface area (Å²) in [5, 5.41) is 4.74. The van der Waals surface area contributed by atoms with Crippen LogP contribution in [-0.4, -0.2) is 10.6 Å². The fourth-order valence-corrected chi connectivity index (χ4v) is 9.85. The first-order valence-electron chi connectivity index (χ1n) is 21.8. The third-order valence-electron chi connectivity index (χ3n) is 12.8. The molecule has 2 heterocycles. The van der Waals surface area contributed by atoms with Gasteiger partial charge in [0.25, 0.3) is 0 Å². The van der Waals surface area contributed by atoms with E-state index in [0.717, 1.165) is 67.7 Å². The van der Waals surface area contributed by atoms with Crippen LogP contribution in [0.4, 0.5) is 11.4 Å². The van der Waals surface area contributed by atoms with E-state index in [2.05, 4.69) is 240 Å². The lowest BCUT2D eigenvalue weighted by molar-refractivity contribution is 0.670. The zero-order valence-electron chi connectivity index (χ0n) is 34.6. The monoisotopic (exact) mass is 806 g/mol. The van der Waals surface area contributed by atoms with Gasteiger partial charge in [-0.25, -0.2) is 0 Å². The molecule has 0 N–H and O–H groups in total. The van der Waals surface area contributed by atoms with Crippen LogP contribution >= 0.6 is 0 Å². The van der Waals surface area contributed by atoms with Crippen LogP contribution in [0, 0.1) is 0 Å². The van der Waals surface area contributed by atoms with Crippen molar-refractivity contribution in [1.29, 1.82) is 0 Å². The summed E-state index contributed by atoms with van der Waals surface area (Å²) in [7, 11) is 0. The fourth-order valence-electron chi connectivity index (χ4n) is 9.85. The lowest BCUT2D eigenvalue weighted by Crippen LogP contribution is -2.31. The molecule has 2 aromatic heterocycles. The molecule has 12 rings (SSSR count). The normalized spacial score (nSPS) is 13.8. The van der Waals surface area contributed by atoms with Gasteiger partial charge in [0.1, 0.15) is 11.2 Å². The quantitative estimate of drug-likeness (QED) is 0.153. The van der Waals surface area contributed by atoms with Gasteiger partial charge in [0, 0.05) is 55.2 Å². The lowest BCUT2D eigenvalue weighted by Gasteiger charge is -2.36. The van der Waals surface area contributed by atoms with Crippen LogP contribution in [0.1, 0.15) is 12.0 Å². The van der Waals surface area contributed by atoms with Crippen LogP contribution in [0.3, 0.4) is 0 Å². The summed E-state index contributed by atoms with van der Waals surface area (Å²) in [4.78, 5) is 2.57. The molecule has 0 aliphatic heterocycles. The standard InChI is InChI=1S/C60H42N2O/c1-2-17-41(18-3-1)42-33-35-43(36-34-42)44-37-39-45(40-38-44)61(55-28-11-8-23-50(55)52-25-16-26-53-51-24-9-15-32-59(51)63-60(52)53)54-27-10-4-19-46(54)47-20-5-12-29-56(47)62-57-30-13-6-21-48(57)49-22-7-14-31-58(49)62/h1-39,45H,40H2. The summed E-state index contributed by atoms with van der Waals surface area (Å²) in [6.07, 6.45) is 7.94. The molecule has 11 aromatic rings. The highest BCUT2D eigenvalue weighted by Gasteiger charge is 2.28. The average Bonchev–Trinajstić information content (AvgIpc) is 3.91. The molecule has 0 saturated carbocycles. The molecule has 3 nitrogen and oxygen atoms in total. The summed E-state index contributed by atoms with van der Waals surface area (Å²) >= 11 is 0. The molecule has 3 heteroatoms. The van der Waals surface area contributed by atoms with Crippen molar-refractivity contribution in [3.8, 4) is 39.1 Å². The Morgan fingerprint density at radius 3 is 1.63 bits per heavy atom. The van der Waals surface area contributed by atoms with E-state index in [0.29, 0.717) is 0 Å². The molecule has 1 aliphatic rings. The van der Waals surface area contributed by atoms with E-state index in [1.54, 1.807) is 0 Å². The largest absolute Gasteiger partial charge is 0.455 e. The van der Waals surface area contributed by atoms with Crippen LogP contribution in [0.5, 0.6) is 0 Å². The Labute approximate surface area is 366 Å². The van der Waals surface area contributed by atoms with Gasteiger partial charge in [0.05, 0.1) is 22.8 Å². The van der Waals surface area contributed by atoms with Crippen LogP contribution in [0.25, 0.3) is 88.4 Å². The first-order chi connectivity index (χ1) is 31.3. The van der Waals surface area contributed by atoms with Gasteiger partial charge >= 0.3 is 0 Å². The molecule has 0 spiro atoms. The smallest absolute Gasteiger partial charge is 0.143 e. The van der Waals surface area contributed by atoms with Crippen LogP contribution in [0.2, 0.25) is 0 Å². The third kappa shape index (κ3) is 6.28. The molecule has 1 atom stereocenters. The molecule has 0 fully saturated rings. The molecule has 1 aliphatic carbocycles. The van der Waals surface area contributed by atoms with Crippen molar-refractivity contribution >= 4 is 60.7 Å². The molecule has 1 unspecified atom stereocenters. The Balaban J connectivity index is 1.03. The van der Waals surface area contributed by atoms with E-state index < -0.39 is 0 Å². The number of furan rings is 1. The second-order valence-corrected chi connectivity index (χ2v) is 16.3. The number of aromatic nitrogens is 1. The maximum Gasteiger partial charge on any atom is 0.143 e. The summed E-state index contributed by atoms with van der Waals surface area (Å²) in [5.74, 6) is 0. The first kappa shape index (κ1) is 36.7. The second-order valence-electron chi connectivity index (χ2n) is 16.3. The van der Waals surface area contributed by atoms with Crippen LogP contribution in [0.15, 0.2) is 241 Å². The zero-order valence-corrected chi connectivity index (χ0v) is 34.6. The van der Waals surface area contributed by atoms with Crippen LogP contribution in [-0.2, 0) is 0 Å². The number of allylic oxidation sites excluding steroid dienone is 2.